The van der Waals surface area contributed by atoms with Crippen molar-refractivity contribution in [2.24, 2.45) is 0 Å². The van der Waals surface area contributed by atoms with Crippen molar-refractivity contribution in [3.63, 3.8) is 0 Å². The first-order valence-corrected chi connectivity index (χ1v) is 5.91. The van der Waals surface area contributed by atoms with E-state index in [1.165, 1.54) is 0 Å². The molecule has 1 atom stereocenters. The minimum Gasteiger partial charge on any atom is -0.507 e. The second-order valence-corrected chi connectivity index (χ2v) is 4.57. The lowest BCUT2D eigenvalue weighted by Gasteiger charge is -2.34. The van der Waals surface area contributed by atoms with E-state index in [1.807, 2.05) is 18.7 Å². The summed E-state index contributed by atoms with van der Waals surface area (Å²) >= 11 is 0. The monoisotopic (exact) mass is 234 g/mol. The van der Waals surface area contributed by atoms with Gasteiger partial charge in [-0.2, -0.15) is 0 Å². The van der Waals surface area contributed by atoms with Crippen LogP contribution in [0.5, 0.6) is 5.75 Å². The van der Waals surface area contributed by atoms with Crippen molar-refractivity contribution < 1.29 is 9.90 Å². The highest BCUT2D eigenvalue weighted by atomic mass is 16.3. The smallest absolute Gasteiger partial charge is 0.257 e. The highest BCUT2D eigenvalue weighted by molar-refractivity contribution is 5.97. The van der Waals surface area contributed by atoms with E-state index in [4.69, 9.17) is 0 Å². The van der Waals surface area contributed by atoms with Crippen LogP contribution in [-0.2, 0) is 0 Å². The van der Waals surface area contributed by atoms with Gasteiger partial charge < -0.3 is 15.3 Å². The molecule has 1 fully saturated rings. The van der Waals surface area contributed by atoms with E-state index >= 15 is 0 Å². The van der Waals surface area contributed by atoms with Crippen LogP contribution in [0.3, 0.4) is 0 Å². The maximum Gasteiger partial charge on any atom is 0.257 e. The first-order chi connectivity index (χ1) is 8.09. The van der Waals surface area contributed by atoms with Crippen molar-refractivity contribution >= 4 is 5.91 Å². The molecule has 0 aliphatic carbocycles. The van der Waals surface area contributed by atoms with Gasteiger partial charge in [-0.25, -0.2) is 0 Å². The number of phenols is 1. The molecule has 1 aromatic carbocycles. The summed E-state index contributed by atoms with van der Waals surface area (Å²) in [6, 6.07) is 5.28. The van der Waals surface area contributed by atoms with Crippen molar-refractivity contribution in [1.29, 1.82) is 0 Å². The molecule has 0 saturated carbocycles. The van der Waals surface area contributed by atoms with Gasteiger partial charge in [0.2, 0.25) is 0 Å². The average molecular weight is 234 g/mol. The normalized spacial score (nSPS) is 20.4. The van der Waals surface area contributed by atoms with Gasteiger partial charge in [-0.1, -0.05) is 11.6 Å². The van der Waals surface area contributed by atoms with Gasteiger partial charge >= 0.3 is 0 Å². The van der Waals surface area contributed by atoms with Gasteiger partial charge in [-0.15, -0.1) is 0 Å². The Morgan fingerprint density at radius 1 is 1.53 bits per heavy atom. The standard InChI is InChI=1S/C13H18N2O2/c1-9-3-4-12(16)11(7-9)13(17)15-6-5-14-8-10(15)2/h3-4,7,10,14,16H,5-6,8H2,1-2H3/t10-/m0/s1. The lowest BCUT2D eigenvalue weighted by molar-refractivity contribution is 0.0652. The molecule has 1 aliphatic rings. The number of nitrogens with zero attached hydrogens (tertiary/aromatic N) is 1. The average Bonchev–Trinajstić information content (AvgIpc) is 2.32. The lowest BCUT2D eigenvalue weighted by Crippen LogP contribution is -2.52. The third-order valence-corrected chi connectivity index (χ3v) is 3.14. The number of carbonyl (C=O) groups excluding carboxylic acids is 1. The summed E-state index contributed by atoms with van der Waals surface area (Å²) in [6.07, 6.45) is 0. The zero-order chi connectivity index (χ0) is 12.4. The largest absolute Gasteiger partial charge is 0.507 e. The molecule has 4 heteroatoms. The molecule has 2 rings (SSSR count). The van der Waals surface area contributed by atoms with E-state index in [-0.39, 0.29) is 17.7 Å². The van der Waals surface area contributed by atoms with Gasteiger partial charge in [-0.3, -0.25) is 4.79 Å². The molecule has 92 valence electrons. The highest BCUT2D eigenvalue weighted by Crippen LogP contribution is 2.21. The topological polar surface area (TPSA) is 52.6 Å². The fraction of sp³-hybridized carbons (Fsp3) is 0.462. The second-order valence-electron chi connectivity index (χ2n) is 4.57. The van der Waals surface area contributed by atoms with Crippen LogP contribution in [0.1, 0.15) is 22.8 Å². The van der Waals surface area contributed by atoms with Gasteiger partial charge in [-0.05, 0) is 26.0 Å². The molecule has 0 spiro atoms. The molecule has 1 heterocycles. The number of phenolic OH excluding ortho intramolecular Hbond substituents is 1. The number of benzene rings is 1. The van der Waals surface area contributed by atoms with Crippen LogP contribution >= 0.6 is 0 Å². The Hall–Kier alpha value is -1.55. The summed E-state index contributed by atoms with van der Waals surface area (Å²) in [5, 5.41) is 13.0. The quantitative estimate of drug-likeness (QED) is 0.766. The Balaban J connectivity index is 2.26. The van der Waals surface area contributed by atoms with Crippen LogP contribution in [0, 0.1) is 6.92 Å². The van der Waals surface area contributed by atoms with Gasteiger partial charge in [0.05, 0.1) is 5.56 Å². The van der Waals surface area contributed by atoms with Crippen LogP contribution in [0.25, 0.3) is 0 Å². The lowest BCUT2D eigenvalue weighted by atomic mass is 10.1. The van der Waals surface area contributed by atoms with Gasteiger partial charge in [0.25, 0.3) is 5.91 Å². The minimum atomic E-state index is -0.0831. The molecule has 0 bridgehead atoms. The summed E-state index contributed by atoms with van der Waals surface area (Å²) in [5.74, 6) is -0.0217. The first kappa shape index (κ1) is 11.9. The Morgan fingerprint density at radius 2 is 2.29 bits per heavy atom. The Bertz CT molecular complexity index is 431. The Morgan fingerprint density at radius 3 is 3.00 bits per heavy atom. The third-order valence-electron chi connectivity index (χ3n) is 3.14. The predicted octanol–water partition coefficient (Wildman–Crippen LogP) is 1.13. The molecule has 0 radical (unpaired) electrons. The SMILES string of the molecule is Cc1ccc(O)c(C(=O)N2CCNC[C@@H]2C)c1. The molecular formula is C13H18N2O2. The number of hydrogen-bond acceptors (Lipinski definition) is 3. The van der Waals surface area contributed by atoms with Gasteiger partial charge in [0.15, 0.2) is 0 Å². The second kappa shape index (κ2) is 4.75. The number of aromatic hydroxyl groups is 1. The van der Waals surface area contributed by atoms with Crippen molar-refractivity contribution in [1.82, 2.24) is 10.2 Å². The maximum atomic E-state index is 12.3. The zero-order valence-electron chi connectivity index (χ0n) is 10.2. The Kier molecular flexibility index (Phi) is 3.33. The molecule has 17 heavy (non-hydrogen) atoms. The van der Waals surface area contributed by atoms with Crippen molar-refractivity contribution in [3.8, 4) is 5.75 Å². The van der Waals surface area contributed by atoms with Crippen LogP contribution in [0.4, 0.5) is 0 Å². The molecule has 0 aromatic heterocycles. The fourth-order valence-corrected chi connectivity index (χ4v) is 2.12. The number of piperazine rings is 1. The van der Waals surface area contributed by atoms with E-state index in [0.29, 0.717) is 12.1 Å². The molecule has 1 saturated heterocycles. The summed E-state index contributed by atoms with van der Waals surface area (Å²) in [4.78, 5) is 14.1. The number of carbonyl (C=O) groups is 1. The minimum absolute atomic E-state index is 0.0614. The zero-order valence-corrected chi connectivity index (χ0v) is 10.2. The van der Waals surface area contributed by atoms with Crippen LogP contribution < -0.4 is 5.32 Å². The van der Waals surface area contributed by atoms with E-state index in [0.717, 1.165) is 18.7 Å². The van der Waals surface area contributed by atoms with E-state index < -0.39 is 0 Å². The van der Waals surface area contributed by atoms with Crippen molar-refractivity contribution in [2.45, 2.75) is 19.9 Å². The first-order valence-electron chi connectivity index (χ1n) is 5.91. The third kappa shape index (κ3) is 2.42. The molecule has 0 unspecified atom stereocenters. The van der Waals surface area contributed by atoms with Crippen molar-refractivity contribution in [3.05, 3.63) is 29.3 Å². The number of hydrogen-bond donors (Lipinski definition) is 2. The van der Waals surface area contributed by atoms with Gasteiger partial charge in [0.1, 0.15) is 5.75 Å². The van der Waals surface area contributed by atoms with Gasteiger partial charge in [0, 0.05) is 25.7 Å². The van der Waals surface area contributed by atoms with Crippen LogP contribution in [0.2, 0.25) is 0 Å². The van der Waals surface area contributed by atoms with Crippen LogP contribution in [-0.4, -0.2) is 41.6 Å². The summed E-state index contributed by atoms with van der Waals surface area (Å²) in [7, 11) is 0. The molecular weight excluding hydrogens is 216 g/mol. The molecule has 2 N–H and O–H groups in total. The van der Waals surface area contributed by atoms with E-state index in [2.05, 4.69) is 5.32 Å². The number of nitrogens with one attached hydrogen (secondary N) is 1. The summed E-state index contributed by atoms with van der Waals surface area (Å²) in [5.41, 5.74) is 1.38. The molecule has 1 amide bonds. The number of aryl methyl sites for hydroxylation is 1. The number of rotatable bonds is 1. The predicted molar refractivity (Wildman–Crippen MR) is 66.2 cm³/mol. The fourth-order valence-electron chi connectivity index (χ4n) is 2.12. The molecule has 4 nitrogen and oxygen atoms in total. The van der Waals surface area contributed by atoms with E-state index in [1.54, 1.807) is 18.2 Å². The number of amides is 1. The summed E-state index contributed by atoms with van der Waals surface area (Å²) < 4.78 is 0. The van der Waals surface area contributed by atoms with Crippen LogP contribution in [0.15, 0.2) is 18.2 Å². The van der Waals surface area contributed by atoms with E-state index in [9.17, 15) is 9.90 Å². The van der Waals surface area contributed by atoms with Crippen molar-refractivity contribution in [2.75, 3.05) is 19.6 Å². The molecule has 1 aromatic rings. The molecule has 1 aliphatic heterocycles. The highest BCUT2D eigenvalue weighted by Gasteiger charge is 2.25. The summed E-state index contributed by atoms with van der Waals surface area (Å²) in [6.45, 7) is 6.22. The maximum absolute atomic E-state index is 12.3. The Labute approximate surface area is 101 Å².